The van der Waals surface area contributed by atoms with Gasteiger partial charge in [0.25, 0.3) is 0 Å². The zero-order valence-corrected chi connectivity index (χ0v) is 20.8. The maximum absolute atomic E-state index is 13.5. The molecule has 0 bridgehead atoms. The summed E-state index contributed by atoms with van der Waals surface area (Å²) in [6.45, 7) is 0.251. The number of hydrogen-bond donors (Lipinski definition) is 6. The van der Waals surface area contributed by atoms with E-state index in [1.165, 1.54) is 17.4 Å². The molecule has 13 nitrogen and oxygen atoms in total. The Hall–Kier alpha value is -4.26. The summed E-state index contributed by atoms with van der Waals surface area (Å²) in [5, 5.41) is 14.8. The molecule has 0 aliphatic carbocycles. The van der Waals surface area contributed by atoms with Gasteiger partial charge in [-0.05, 0) is 24.8 Å². The van der Waals surface area contributed by atoms with Gasteiger partial charge in [0, 0.05) is 37.7 Å². The quantitative estimate of drug-likeness (QED) is 0.186. The number of nitrogens with two attached hydrogens (primary N) is 2. The van der Waals surface area contributed by atoms with Crippen LogP contribution in [0.5, 0.6) is 0 Å². The fraction of sp³-hybridized carbons (Fsp3) is 0.440. The van der Waals surface area contributed by atoms with Crippen LogP contribution in [0.25, 0.3) is 0 Å². The molecule has 0 radical (unpaired) electrons. The van der Waals surface area contributed by atoms with Gasteiger partial charge in [0.15, 0.2) is 0 Å². The summed E-state index contributed by atoms with van der Waals surface area (Å²) < 4.78 is 0. The highest BCUT2D eigenvalue weighted by atomic mass is 16.4. The van der Waals surface area contributed by atoms with Crippen LogP contribution >= 0.6 is 0 Å². The highest BCUT2D eigenvalue weighted by Gasteiger charge is 2.38. The SMILES string of the molecule is NC(=O)CCC(NC(=O)C(N)Cc1cnc[nH]1)C(=O)NC(Cc1ccccc1)C(=O)N1CCCC1C(=O)O. The lowest BCUT2D eigenvalue weighted by molar-refractivity contribution is -0.149. The third-order valence-corrected chi connectivity index (χ3v) is 6.36. The van der Waals surface area contributed by atoms with E-state index >= 15 is 0 Å². The van der Waals surface area contributed by atoms with Gasteiger partial charge in [0.2, 0.25) is 23.6 Å². The number of hydrogen-bond acceptors (Lipinski definition) is 7. The van der Waals surface area contributed by atoms with Crippen LogP contribution in [0.15, 0.2) is 42.9 Å². The third kappa shape index (κ3) is 7.87. The van der Waals surface area contributed by atoms with Crippen LogP contribution in [0.1, 0.15) is 36.9 Å². The molecule has 13 heteroatoms. The number of aromatic amines is 1. The molecule has 204 valence electrons. The number of amides is 4. The molecule has 8 N–H and O–H groups in total. The fourth-order valence-corrected chi connectivity index (χ4v) is 4.37. The van der Waals surface area contributed by atoms with E-state index in [4.69, 9.17) is 11.5 Å². The van der Waals surface area contributed by atoms with Crippen molar-refractivity contribution in [1.82, 2.24) is 25.5 Å². The van der Waals surface area contributed by atoms with Crippen molar-refractivity contribution < 1.29 is 29.1 Å². The van der Waals surface area contributed by atoms with Crippen molar-refractivity contribution >= 4 is 29.6 Å². The van der Waals surface area contributed by atoms with Gasteiger partial charge in [0.05, 0.1) is 12.4 Å². The number of carbonyl (C=O) groups is 5. The number of carboxylic acids is 1. The zero-order valence-electron chi connectivity index (χ0n) is 20.8. The monoisotopic (exact) mass is 527 g/mol. The van der Waals surface area contributed by atoms with E-state index in [2.05, 4.69) is 20.6 Å². The first-order valence-corrected chi connectivity index (χ1v) is 12.3. The summed E-state index contributed by atoms with van der Waals surface area (Å²) in [6.07, 6.45) is 3.74. The maximum atomic E-state index is 13.5. The van der Waals surface area contributed by atoms with Gasteiger partial charge < -0.3 is 37.1 Å². The molecule has 1 aliphatic heterocycles. The van der Waals surface area contributed by atoms with Crippen molar-refractivity contribution in [3.63, 3.8) is 0 Å². The van der Waals surface area contributed by atoms with E-state index in [0.29, 0.717) is 18.5 Å². The molecule has 1 aromatic carbocycles. The Bertz CT molecular complexity index is 1120. The number of likely N-dealkylation sites (tertiary alicyclic amines) is 1. The number of carbonyl (C=O) groups excluding carboxylic acids is 4. The molecular formula is C25H33N7O6. The molecule has 1 aliphatic rings. The van der Waals surface area contributed by atoms with E-state index < -0.39 is 53.8 Å². The van der Waals surface area contributed by atoms with Crippen molar-refractivity contribution in [2.24, 2.45) is 11.5 Å². The normalized spacial score (nSPS) is 17.3. The zero-order chi connectivity index (χ0) is 27.7. The summed E-state index contributed by atoms with van der Waals surface area (Å²) in [7, 11) is 0. The molecule has 4 unspecified atom stereocenters. The number of primary amides is 1. The van der Waals surface area contributed by atoms with Gasteiger partial charge in [-0.25, -0.2) is 9.78 Å². The number of imidazole rings is 1. The molecule has 4 amide bonds. The molecule has 1 saturated heterocycles. The second-order valence-corrected chi connectivity index (χ2v) is 9.23. The Morgan fingerprint density at radius 1 is 1.08 bits per heavy atom. The summed E-state index contributed by atoms with van der Waals surface area (Å²) in [6, 6.07) is 4.64. The number of rotatable bonds is 13. The average Bonchev–Trinajstić information content (AvgIpc) is 3.58. The first-order valence-electron chi connectivity index (χ1n) is 12.3. The van der Waals surface area contributed by atoms with E-state index in [0.717, 1.165) is 5.56 Å². The van der Waals surface area contributed by atoms with Crippen LogP contribution in [0.3, 0.4) is 0 Å². The molecular weight excluding hydrogens is 494 g/mol. The molecule has 0 saturated carbocycles. The minimum Gasteiger partial charge on any atom is -0.480 e. The molecule has 2 heterocycles. The van der Waals surface area contributed by atoms with Crippen LogP contribution in [-0.2, 0) is 36.8 Å². The van der Waals surface area contributed by atoms with Crippen LogP contribution in [0.4, 0.5) is 0 Å². The topological polar surface area (TPSA) is 214 Å². The Balaban J connectivity index is 1.77. The van der Waals surface area contributed by atoms with E-state index in [9.17, 15) is 29.1 Å². The van der Waals surface area contributed by atoms with Crippen LogP contribution in [0, 0.1) is 0 Å². The number of aromatic nitrogens is 2. The van der Waals surface area contributed by atoms with Crippen molar-refractivity contribution in [3.8, 4) is 0 Å². The lowest BCUT2D eigenvalue weighted by Crippen LogP contribution is -2.58. The second kappa shape index (κ2) is 13.3. The first kappa shape index (κ1) is 28.3. The summed E-state index contributed by atoms with van der Waals surface area (Å²) in [5.41, 5.74) is 12.6. The lowest BCUT2D eigenvalue weighted by Gasteiger charge is -2.29. The molecule has 3 rings (SSSR count). The Labute approximate surface area is 219 Å². The molecule has 1 aromatic heterocycles. The summed E-state index contributed by atoms with van der Waals surface area (Å²) >= 11 is 0. The molecule has 2 aromatic rings. The predicted octanol–water partition coefficient (Wildman–Crippen LogP) is -1.17. The minimum absolute atomic E-state index is 0.101. The fourth-order valence-electron chi connectivity index (χ4n) is 4.37. The number of nitrogens with one attached hydrogen (secondary N) is 3. The Morgan fingerprint density at radius 2 is 1.79 bits per heavy atom. The number of benzene rings is 1. The largest absolute Gasteiger partial charge is 0.480 e. The molecule has 4 atom stereocenters. The van der Waals surface area contributed by atoms with Crippen molar-refractivity contribution in [3.05, 3.63) is 54.1 Å². The highest BCUT2D eigenvalue weighted by molar-refractivity contribution is 5.94. The lowest BCUT2D eigenvalue weighted by atomic mass is 10.0. The standard InChI is InChI=1S/C25H33N7O6/c26-17(12-16-13-28-14-29-16)22(34)30-18(8-9-21(27)33)23(35)31-19(11-15-5-2-1-3-6-15)24(36)32-10-4-7-20(32)25(37)38/h1-3,5-6,13-14,17-20H,4,7-12,26H2,(H2,27,33)(H,28,29)(H,30,34)(H,31,35)(H,37,38). The van der Waals surface area contributed by atoms with Gasteiger partial charge in [0.1, 0.15) is 18.1 Å². The van der Waals surface area contributed by atoms with Gasteiger partial charge in [-0.3, -0.25) is 19.2 Å². The smallest absolute Gasteiger partial charge is 0.326 e. The van der Waals surface area contributed by atoms with Gasteiger partial charge in [-0.1, -0.05) is 30.3 Å². The van der Waals surface area contributed by atoms with Crippen LogP contribution in [-0.4, -0.2) is 80.3 Å². The van der Waals surface area contributed by atoms with Crippen LogP contribution < -0.4 is 22.1 Å². The number of H-pyrrole nitrogens is 1. The number of carboxylic acid groups (broad SMARTS) is 1. The highest BCUT2D eigenvalue weighted by Crippen LogP contribution is 2.20. The predicted molar refractivity (Wildman–Crippen MR) is 135 cm³/mol. The van der Waals surface area contributed by atoms with Gasteiger partial charge >= 0.3 is 5.97 Å². The molecule has 0 spiro atoms. The minimum atomic E-state index is -1.21. The first-order chi connectivity index (χ1) is 18.2. The molecule has 1 fully saturated rings. The summed E-state index contributed by atoms with van der Waals surface area (Å²) in [4.78, 5) is 70.6. The van der Waals surface area contributed by atoms with Crippen molar-refractivity contribution in [2.75, 3.05) is 6.54 Å². The number of nitrogens with zero attached hydrogens (tertiary/aromatic N) is 2. The van der Waals surface area contributed by atoms with E-state index in [1.54, 1.807) is 24.3 Å². The van der Waals surface area contributed by atoms with Crippen molar-refractivity contribution in [2.45, 2.75) is 62.7 Å². The average molecular weight is 528 g/mol. The molecule has 38 heavy (non-hydrogen) atoms. The second-order valence-electron chi connectivity index (χ2n) is 9.23. The van der Waals surface area contributed by atoms with E-state index in [1.807, 2.05) is 6.07 Å². The maximum Gasteiger partial charge on any atom is 0.326 e. The van der Waals surface area contributed by atoms with Gasteiger partial charge in [-0.2, -0.15) is 0 Å². The Kier molecular flexibility index (Phi) is 9.93. The van der Waals surface area contributed by atoms with Gasteiger partial charge in [-0.15, -0.1) is 0 Å². The number of aliphatic carboxylic acids is 1. The summed E-state index contributed by atoms with van der Waals surface area (Å²) in [5.74, 6) is -3.67. The Morgan fingerprint density at radius 3 is 2.42 bits per heavy atom. The van der Waals surface area contributed by atoms with Crippen LogP contribution in [0.2, 0.25) is 0 Å². The third-order valence-electron chi connectivity index (χ3n) is 6.36. The van der Waals surface area contributed by atoms with Crippen molar-refractivity contribution in [1.29, 1.82) is 0 Å². The van der Waals surface area contributed by atoms with E-state index in [-0.39, 0.29) is 32.2 Å².